The molecule has 4 heteroatoms. The van der Waals surface area contributed by atoms with Crippen LogP contribution in [0.25, 0.3) is 0 Å². The standard InChI is InChI=1S/C58H77O3P/c1-40-29-44(38-48(33-40)55(5)21-13-9-14-22-55)37-45-30-41(2)34-49(56(6)23-15-10-16-24-56)52(45)59-62-60-53-46(31-42(3)35-50(53)57(7)25-17-11-18-26-57)39-47-32-43(4)36-51(54(47)61-62)58(8)27-19-12-20-28-58/h29-36,38H,9-28,37,39H2,1-8H3. The summed E-state index contributed by atoms with van der Waals surface area (Å²) in [6.45, 7) is 19.2. The van der Waals surface area contributed by atoms with E-state index in [0.717, 1.165) is 30.1 Å². The first-order valence-electron chi connectivity index (χ1n) is 25.1. The minimum atomic E-state index is -1.89. The molecule has 0 amide bonds. The summed E-state index contributed by atoms with van der Waals surface area (Å²) < 4.78 is 22.9. The number of benzene rings is 4. The van der Waals surface area contributed by atoms with Crippen molar-refractivity contribution in [1.82, 2.24) is 0 Å². The summed E-state index contributed by atoms with van der Waals surface area (Å²) >= 11 is 0. The van der Waals surface area contributed by atoms with Crippen molar-refractivity contribution in [2.75, 3.05) is 0 Å². The van der Waals surface area contributed by atoms with Gasteiger partial charge in [-0.15, -0.1) is 0 Å². The molecule has 0 atom stereocenters. The Bertz CT molecular complexity index is 2180. The lowest BCUT2D eigenvalue weighted by molar-refractivity contribution is 0.296. The lowest BCUT2D eigenvalue weighted by Gasteiger charge is -2.39. The lowest BCUT2D eigenvalue weighted by Crippen LogP contribution is -2.28. The minimum absolute atomic E-state index is 0.0191. The first-order valence-corrected chi connectivity index (χ1v) is 26.2. The highest BCUT2D eigenvalue weighted by atomic mass is 31.2. The third-order valence-electron chi connectivity index (χ3n) is 16.8. The zero-order valence-corrected chi connectivity index (χ0v) is 40.8. The van der Waals surface area contributed by atoms with Crippen LogP contribution in [0.2, 0.25) is 0 Å². The van der Waals surface area contributed by atoms with E-state index in [1.54, 1.807) is 0 Å². The van der Waals surface area contributed by atoms with E-state index in [1.165, 1.54) is 195 Å². The van der Waals surface area contributed by atoms with Crippen molar-refractivity contribution in [3.8, 4) is 17.2 Å². The molecule has 0 bridgehead atoms. The van der Waals surface area contributed by atoms with Gasteiger partial charge in [-0.1, -0.05) is 182 Å². The van der Waals surface area contributed by atoms with Gasteiger partial charge in [0, 0.05) is 29.5 Å². The smallest absolute Gasteiger partial charge is 0.408 e. The van der Waals surface area contributed by atoms with E-state index in [-0.39, 0.29) is 21.7 Å². The van der Waals surface area contributed by atoms with E-state index in [1.807, 2.05) is 0 Å². The fourth-order valence-corrected chi connectivity index (χ4v) is 14.3. The van der Waals surface area contributed by atoms with Crippen LogP contribution >= 0.6 is 8.60 Å². The number of rotatable bonds is 8. The second-order valence-electron chi connectivity index (χ2n) is 22.4. The summed E-state index contributed by atoms with van der Waals surface area (Å²) in [6, 6.07) is 22.0. The van der Waals surface area contributed by atoms with E-state index in [4.69, 9.17) is 13.6 Å². The van der Waals surface area contributed by atoms with E-state index in [9.17, 15) is 0 Å². The highest BCUT2D eigenvalue weighted by molar-refractivity contribution is 7.43. The van der Waals surface area contributed by atoms with E-state index in [2.05, 4.69) is 110 Å². The largest absolute Gasteiger partial charge is 0.530 e. The molecule has 4 aromatic rings. The van der Waals surface area contributed by atoms with Gasteiger partial charge in [0.05, 0.1) is 0 Å². The first kappa shape index (κ1) is 43.9. The molecule has 4 saturated carbocycles. The average molecular weight is 853 g/mol. The molecule has 0 unspecified atom stereocenters. The Morgan fingerprint density at radius 2 is 0.855 bits per heavy atom. The number of fused-ring (bicyclic) bond motifs is 2. The molecule has 1 heterocycles. The molecule has 5 aliphatic rings. The van der Waals surface area contributed by atoms with E-state index < -0.39 is 8.60 Å². The monoisotopic (exact) mass is 853 g/mol. The van der Waals surface area contributed by atoms with Crippen molar-refractivity contribution < 1.29 is 13.6 Å². The van der Waals surface area contributed by atoms with Crippen LogP contribution < -0.4 is 13.6 Å². The molecule has 4 fully saturated rings. The van der Waals surface area contributed by atoms with Gasteiger partial charge in [-0.25, -0.2) is 0 Å². The molecule has 0 aromatic heterocycles. The Balaban J connectivity index is 1.21. The van der Waals surface area contributed by atoms with Crippen LogP contribution in [0.15, 0.2) is 54.6 Å². The molecular formula is C58H77O3P. The maximum atomic E-state index is 7.74. The van der Waals surface area contributed by atoms with Crippen LogP contribution in [-0.2, 0) is 34.5 Å². The predicted octanol–water partition coefficient (Wildman–Crippen LogP) is 17.1. The van der Waals surface area contributed by atoms with Crippen molar-refractivity contribution in [3.63, 3.8) is 0 Å². The van der Waals surface area contributed by atoms with Crippen molar-refractivity contribution in [2.24, 2.45) is 0 Å². The first-order chi connectivity index (χ1) is 29.7. The molecule has 62 heavy (non-hydrogen) atoms. The molecule has 0 spiro atoms. The van der Waals surface area contributed by atoms with Crippen LogP contribution in [0.4, 0.5) is 0 Å². The lowest BCUT2D eigenvalue weighted by atomic mass is 9.69. The van der Waals surface area contributed by atoms with Crippen LogP contribution in [-0.4, -0.2) is 0 Å². The van der Waals surface area contributed by atoms with Gasteiger partial charge in [0.1, 0.15) is 17.2 Å². The molecule has 1 aliphatic heterocycles. The SMILES string of the molecule is Cc1cc(Cc2cc(C)cc(C3(C)CCCCC3)c2OP2Oc3c(cc(C)cc3C3(C)CCCCC3)Cc3cc(C)cc(C4(C)CCCCC4)c3O2)cc(C2(C)CCCCC2)c1. The highest BCUT2D eigenvalue weighted by Gasteiger charge is 2.41. The molecule has 332 valence electrons. The molecule has 0 radical (unpaired) electrons. The fourth-order valence-electron chi connectivity index (χ4n) is 13.0. The van der Waals surface area contributed by atoms with Gasteiger partial charge in [0.15, 0.2) is 0 Å². The van der Waals surface area contributed by atoms with Crippen molar-refractivity contribution in [1.29, 1.82) is 0 Å². The Labute approximate surface area is 377 Å². The second-order valence-corrected chi connectivity index (χ2v) is 23.4. The third-order valence-corrected chi connectivity index (χ3v) is 17.8. The highest BCUT2D eigenvalue weighted by Crippen LogP contribution is 2.57. The molecule has 4 aromatic carbocycles. The minimum Gasteiger partial charge on any atom is -0.408 e. The fraction of sp³-hybridized carbons (Fsp3) is 0.586. The van der Waals surface area contributed by atoms with E-state index >= 15 is 0 Å². The van der Waals surface area contributed by atoms with Crippen LogP contribution in [0.1, 0.15) is 223 Å². The quantitative estimate of drug-likeness (QED) is 0.165. The molecule has 4 aliphatic carbocycles. The summed E-state index contributed by atoms with van der Waals surface area (Å²) in [5.41, 5.74) is 16.5. The van der Waals surface area contributed by atoms with E-state index in [0.29, 0.717) is 0 Å². The van der Waals surface area contributed by atoms with Gasteiger partial charge >= 0.3 is 8.60 Å². The Hall–Kier alpha value is -3.29. The normalized spacial score (nSPS) is 21.9. The van der Waals surface area contributed by atoms with Crippen molar-refractivity contribution in [2.45, 2.75) is 218 Å². The number of hydrogen-bond acceptors (Lipinski definition) is 3. The van der Waals surface area contributed by atoms with Crippen molar-refractivity contribution >= 4 is 8.60 Å². The second kappa shape index (κ2) is 17.6. The van der Waals surface area contributed by atoms with Crippen LogP contribution in [0.5, 0.6) is 17.2 Å². The Kier molecular flexibility index (Phi) is 12.5. The molecule has 3 nitrogen and oxygen atoms in total. The third kappa shape index (κ3) is 8.89. The molecular weight excluding hydrogens is 776 g/mol. The zero-order valence-electron chi connectivity index (χ0n) is 39.9. The van der Waals surface area contributed by atoms with Gasteiger partial charge in [0.2, 0.25) is 0 Å². The number of aryl methyl sites for hydroxylation is 4. The van der Waals surface area contributed by atoms with Gasteiger partial charge in [-0.2, -0.15) is 0 Å². The van der Waals surface area contributed by atoms with Gasteiger partial charge in [-0.3, -0.25) is 0 Å². The van der Waals surface area contributed by atoms with Gasteiger partial charge < -0.3 is 13.6 Å². The maximum Gasteiger partial charge on any atom is 0.530 e. The molecule has 9 rings (SSSR count). The summed E-state index contributed by atoms with van der Waals surface area (Å²) in [5.74, 6) is 3.05. The topological polar surface area (TPSA) is 27.7 Å². The van der Waals surface area contributed by atoms with Gasteiger partial charge in [0.25, 0.3) is 0 Å². The summed E-state index contributed by atoms with van der Waals surface area (Å²) in [4.78, 5) is 0. The summed E-state index contributed by atoms with van der Waals surface area (Å²) in [7, 11) is -1.89. The van der Waals surface area contributed by atoms with Gasteiger partial charge in [-0.05, 0) is 129 Å². The average Bonchev–Trinajstić information content (AvgIpc) is 3.23. The molecule has 0 saturated heterocycles. The van der Waals surface area contributed by atoms with Crippen molar-refractivity contribution in [3.05, 3.63) is 121 Å². The maximum absolute atomic E-state index is 7.74. The van der Waals surface area contributed by atoms with Crippen LogP contribution in [0, 0.1) is 27.7 Å². The summed E-state index contributed by atoms with van der Waals surface area (Å²) in [6.07, 6.45) is 26.8. The zero-order chi connectivity index (χ0) is 43.3. The molecule has 0 N–H and O–H groups in total. The Morgan fingerprint density at radius 1 is 0.452 bits per heavy atom. The van der Waals surface area contributed by atoms with Crippen LogP contribution in [0.3, 0.4) is 0 Å². The Morgan fingerprint density at radius 3 is 1.34 bits per heavy atom. The predicted molar refractivity (Wildman–Crippen MR) is 261 cm³/mol. The summed E-state index contributed by atoms with van der Waals surface area (Å²) in [5, 5.41) is 0. The number of hydrogen-bond donors (Lipinski definition) is 0.